The third-order valence-electron chi connectivity index (χ3n) is 3.99. The standard InChI is InChI=1S/C13H17N3O/c1-16-10-3-2-8(6-9(10)7-11(16)17)12(14)13(15)4-5-13/h2-3,6,12H,4-5,7,14-15H2,1H3. The van der Waals surface area contributed by atoms with E-state index in [9.17, 15) is 4.79 Å². The second-order valence-electron chi connectivity index (χ2n) is 5.23. The monoisotopic (exact) mass is 231 g/mol. The predicted molar refractivity (Wildman–Crippen MR) is 66.6 cm³/mol. The Balaban J connectivity index is 1.95. The van der Waals surface area contributed by atoms with Crippen molar-refractivity contribution < 1.29 is 4.79 Å². The van der Waals surface area contributed by atoms with Gasteiger partial charge in [0.05, 0.1) is 6.42 Å². The largest absolute Gasteiger partial charge is 0.323 e. The van der Waals surface area contributed by atoms with Gasteiger partial charge >= 0.3 is 0 Å². The number of benzene rings is 1. The van der Waals surface area contributed by atoms with Crippen molar-refractivity contribution in [1.82, 2.24) is 0 Å². The van der Waals surface area contributed by atoms with E-state index in [1.165, 1.54) is 0 Å². The molecule has 1 unspecified atom stereocenters. The number of hydrogen-bond acceptors (Lipinski definition) is 3. The molecule has 17 heavy (non-hydrogen) atoms. The van der Waals surface area contributed by atoms with Crippen LogP contribution in [0.15, 0.2) is 18.2 Å². The van der Waals surface area contributed by atoms with Crippen LogP contribution in [0, 0.1) is 0 Å². The van der Waals surface area contributed by atoms with E-state index in [2.05, 4.69) is 0 Å². The number of nitrogens with zero attached hydrogens (tertiary/aromatic N) is 1. The van der Waals surface area contributed by atoms with E-state index in [0.717, 1.165) is 29.7 Å². The Hall–Kier alpha value is -1.39. The van der Waals surface area contributed by atoms with E-state index < -0.39 is 0 Å². The zero-order valence-corrected chi connectivity index (χ0v) is 9.94. The lowest BCUT2D eigenvalue weighted by atomic mass is 9.96. The molecule has 0 bridgehead atoms. The number of anilines is 1. The normalized spacial score (nSPS) is 22.5. The molecule has 1 aromatic rings. The summed E-state index contributed by atoms with van der Waals surface area (Å²) < 4.78 is 0. The van der Waals surface area contributed by atoms with E-state index in [1.54, 1.807) is 11.9 Å². The third-order valence-corrected chi connectivity index (χ3v) is 3.99. The van der Waals surface area contributed by atoms with Crippen LogP contribution in [-0.2, 0) is 11.2 Å². The van der Waals surface area contributed by atoms with Gasteiger partial charge in [0.2, 0.25) is 5.91 Å². The van der Waals surface area contributed by atoms with Crippen LogP contribution in [0.4, 0.5) is 5.69 Å². The van der Waals surface area contributed by atoms with E-state index in [-0.39, 0.29) is 17.5 Å². The SMILES string of the molecule is CN1C(=O)Cc2cc(C(N)C3(N)CC3)ccc21. The summed E-state index contributed by atoms with van der Waals surface area (Å²) in [5.41, 5.74) is 15.2. The molecule has 1 aliphatic carbocycles. The summed E-state index contributed by atoms with van der Waals surface area (Å²) in [5.74, 6) is 0.139. The molecule has 2 aliphatic rings. The fourth-order valence-electron chi connectivity index (χ4n) is 2.47. The molecule has 1 heterocycles. The zero-order chi connectivity index (χ0) is 12.2. The van der Waals surface area contributed by atoms with Crippen molar-refractivity contribution in [2.45, 2.75) is 30.8 Å². The van der Waals surface area contributed by atoms with E-state index in [4.69, 9.17) is 11.5 Å². The second-order valence-corrected chi connectivity index (χ2v) is 5.23. The van der Waals surface area contributed by atoms with Gasteiger partial charge in [-0.25, -0.2) is 0 Å². The van der Waals surface area contributed by atoms with Gasteiger partial charge in [0.25, 0.3) is 0 Å². The number of rotatable bonds is 2. The van der Waals surface area contributed by atoms with Gasteiger partial charge in [-0.3, -0.25) is 4.79 Å². The van der Waals surface area contributed by atoms with Crippen LogP contribution in [0.5, 0.6) is 0 Å². The van der Waals surface area contributed by atoms with Crippen LogP contribution in [0.1, 0.15) is 30.0 Å². The summed E-state index contributed by atoms with van der Waals surface area (Å²) in [6, 6.07) is 5.88. The lowest BCUT2D eigenvalue weighted by Crippen LogP contribution is -2.36. The number of fused-ring (bicyclic) bond motifs is 1. The quantitative estimate of drug-likeness (QED) is 0.786. The number of amides is 1. The van der Waals surface area contributed by atoms with Gasteiger partial charge in [0, 0.05) is 24.3 Å². The summed E-state index contributed by atoms with van der Waals surface area (Å²) in [4.78, 5) is 13.3. The van der Waals surface area contributed by atoms with Gasteiger partial charge < -0.3 is 16.4 Å². The van der Waals surface area contributed by atoms with Gasteiger partial charge in [0.15, 0.2) is 0 Å². The lowest BCUT2D eigenvalue weighted by Gasteiger charge is -2.20. The maximum atomic E-state index is 11.6. The summed E-state index contributed by atoms with van der Waals surface area (Å²) in [6.45, 7) is 0. The predicted octanol–water partition coefficient (Wildman–Crippen LogP) is 0.697. The molecule has 1 aromatic carbocycles. The van der Waals surface area contributed by atoms with Gasteiger partial charge in [-0.1, -0.05) is 12.1 Å². The number of carbonyl (C=O) groups excluding carboxylic acids is 1. The topological polar surface area (TPSA) is 72.3 Å². The Labute approximate surface area is 101 Å². The smallest absolute Gasteiger partial charge is 0.231 e. The Morgan fingerprint density at radius 1 is 1.41 bits per heavy atom. The molecule has 3 rings (SSSR count). The van der Waals surface area contributed by atoms with Crippen LogP contribution in [0.25, 0.3) is 0 Å². The Bertz CT molecular complexity index is 493. The van der Waals surface area contributed by atoms with E-state index in [0.29, 0.717) is 6.42 Å². The number of likely N-dealkylation sites (N-methyl/N-ethyl adjacent to an activating group) is 1. The first-order chi connectivity index (χ1) is 8.01. The Kier molecular flexibility index (Phi) is 2.09. The molecule has 0 saturated heterocycles. The number of hydrogen-bond donors (Lipinski definition) is 2. The molecule has 1 amide bonds. The molecule has 1 fully saturated rings. The van der Waals surface area contributed by atoms with Crippen LogP contribution in [0.2, 0.25) is 0 Å². The minimum Gasteiger partial charge on any atom is -0.323 e. The van der Waals surface area contributed by atoms with E-state index in [1.807, 2.05) is 18.2 Å². The minimum atomic E-state index is -0.219. The van der Waals surface area contributed by atoms with Crippen molar-refractivity contribution in [3.05, 3.63) is 29.3 Å². The van der Waals surface area contributed by atoms with E-state index >= 15 is 0 Å². The third kappa shape index (κ3) is 1.56. The van der Waals surface area contributed by atoms with Gasteiger partial charge in [-0.15, -0.1) is 0 Å². The fourth-order valence-corrected chi connectivity index (χ4v) is 2.47. The highest BCUT2D eigenvalue weighted by molar-refractivity contribution is 6.00. The highest BCUT2D eigenvalue weighted by Crippen LogP contribution is 2.43. The molecule has 4 N–H and O–H groups in total. The molecule has 4 heteroatoms. The molecule has 1 aliphatic heterocycles. The van der Waals surface area contributed by atoms with Crippen molar-refractivity contribution in [1.29, 1.82) is 0 Å². The van der Waals surface area contributed by atoms with Gasteiger partial charge in [0.1, 0.15) is 0 Å². The molecule has 1 atom stereocenters. The average Bonchev–Trinajstić information content (AvgIpc) is 3.00. The van der Waals surface area contributed by atoms with Crippen molar-refractivity contribution in [2.24, 2.45) is 11.5 Å². The maximum absolute atomic E-state index is 11.6. The highest BCUT2D eigenvalue weighted by Gasteiger charge is 2.44. The van der Waals surface area contributed by atoms with Crippen LogP contribution < -0.4 is 16.4 Å². The first kappa shape index (κ1) is 10.7. The summed E-state index contributed by atoms with van der Waals surface area (Å²) in [7, 11) is 1.80. The zero-order valence-electron chi connectivity index (χ0n) is 9.94. The summed E-state index contributed by atoms with van der Waals surface area (Å²) in [5, 5.41) is 0. The number of carbonyl (C=O) groups is 1. The van der Waals surface area contributed by atoms with Crippen LogP contribution in [0.3, 0.4) is 0 Å². The molecular weight excluding hydrogens is 214 g/mol. The van der Waals surface area contributed by atoms with Crippen molar-refractivity contribution in [3.8, 4) is 0 Å². The van der Waals surface area contributed by atoms with Crippen LogP contribution >= 0.6 is 0 Å². The van der Waals surface area contributed by atoms with Crippen molar-refractivity contribution in [2.75, 3.05) is 11.9 Å². The molecule has 4 nitrogen and oxygen atoms in total. The summed E-state index contributed by atoms with van der Waals surface area (Å²) >= 11 is 0. The first-order valence-electron chi connectivity index (χ1n) is 5.95. The first-order valence-corrected chi connectivity index (χ1v) is 5.95. The Morgan fingerprint density at radius 2 is 2.12 bits per heavy atom. The highest BCUT2D eigenvalue weighted by atomic mass is 16.2. The Morgan fingerprint density at radius 3 is 2.76 bits per heavy atom. The molecule has 0 spiro atoms. The average molecular weight is 231 g/mol. The van der Waals surface area contributed by atoms with Crippen molar-refractivity contribution in [3.63, 3.8) is 0 Å². The summed E-state index contributed by atoms with van der Waals surface area (Å²) in [6.07, 6.45) is 2.46. The molecule has 0 radical (unpaired) electrons. The molecule has 90 valence electrons. The molecule has 0 aromatic heterocycles. The lowest BCUT2D eigenvalue weighted by molar-refractivity contribution is -0.117. The van der Waals surface area contributed by atoms with Crippen LogP contribution in [-0.4, -0.2) is 18.5 Å². The van der Waals surface area contributed by atoms with Crippen molar-refractivity contribution >= 4 is 11.6 Å². The van der Waals surface area contributed by atoms with Gasteiger partial charge in [-0.05, 0) is 30.0 Å². The number of nitrogens with two attached hydrogens (primary N) is 2. The molecule has 1 saturated carbocycles. The maximum Gasteiger partial charge on any atom is 0.231 e. The minimum absolute atomic E-state index is 0.117. The van der Waals surface area contributed by atoms with Gasteiger partial charge in [-0.2, -0.15) is 0 Å². The fraction of sp³-hybridized carbons (Fsp3) is 0.462. The molecular formula is C13H17N3O. The second kappa shape index (κ2) is 3.31.